The number of carboxylic acid groups (broad SMARTS) is 2. The largest absolute Gasteiger partial charge is 0.481 e. The molecule has 0 radical (unpaired) electrons. The van der Waals surface area contributed by atoms with Gasteiger partial charge in [0.15, 0.2) is 5.92 Å². The highest BCUT2D eigenvalue weighted by molar-refractivity contribution is 6.01. The summed E-state index contributed by atoms with van der Waals surface area (Å²) in [6.45, 7) is 0. The summed E-state index contributed by atoms with van der Waals surface area (Å²) in [5.41, 5.74) is 0. The summed E-state index contributed by atoms with van der Waals surface area (Å²) in [4.78, 5) is 59.4. The van der Waals surface area contributed by atoms with Crippen molar-refractivity contribution in [3.8, 4) is 0 Å². The SMILES string of the molecule is O=C(CCCC(C(=O)O)C(=O)O)ON1C(=O)CCC1=O. The number of rotatable bonds is 7. The van der Waals surface area contributed by atoms with Crippen LogP contribution >= 0.6 is 0 Å². The normalized spacial score (nSPS) is 14.8. The van der Waals surface area contributed by atoms with Gasteiger partial charge >= 0.3 is 17.9 Å². The maximum absolute atomic E-state index is 11.3. The molecule has 0 saturated carbocycles. The van der Waals surface area contributed by atoms with Gasteiger partial charge in [-0.3, -0.25) is 19.2 Å². The van der Waals surface area contributed by atoms with Crippen LogP contribution in [0.25, 0.3) is 0 Å². The predicted molar refractivity (Wildman–Crippen MR) is 59.8 cm³/mol. The molecule has 0 atom stereocenters. The molecular weight excluding hydrogens is 274 g/mol. The van der Waals surface area contributed by atoms with E-state index in [1.165, 1.54) is 0 Å². The van der Waals surface area contributed by atoms with E-state index in [9.17, 15) is 24.0 Å². The van der Waals surface area contributed by atoms with Crippen LogP contribution in [-0.4, -0.2) is 45.0 Å². The monoisotopic (exact) mass is 287 g/mol. The minimum absolute atomic E-state index is 0.0216. The number of hydrogen-bond donors (Lipinski definition) is 2. The first kappa shape index (κ1) is 15.6. The summed E-state index contributed by atoms with van der Waals surface area (Å²) in [7, 11) is 0. The van der Waals surface area contributed by atoms with Crippen molar-refractivity contribution in [3.63, 3.8) is 0 Å². The smallest absolute Gasteiger partial charge is 0.333 e. The molecule has 1 aliphatic heterocycles. The quantitative estimate of drug-likeness (QED) is 0.474. The average molecular weight is 287 g/mol. The lowest BCUT2D eigenvalue weighted by molar-refractivity contribution is -0.197. The second kappa shape index (κ2) is 6.64. The molecule has 0 spiro atoms. The maximum Gasteiger partial charge on any atom is 0.333 e. The number of carbonyl (C=O) groups excluding carboxylic acids is 3. The Labute approximate surface area is 113 Å². The Morgan fingerprint density at radius 1 is 1.10 bits per heavy atom. The number of imide groups is 1. The van der Waals surface area contributed by atoms with Crippen LogP contribution in [0.3, 0.4) is 0 Å². The number of nitrogens with zero attached hydrogens (tertiary/aromatic N) is 1. The van der Waals surface area contributed by atoms with E-state index in [0.717, 1.165) is 0 Å². The Hall–Kier alpha value is -2.45. The van der Waals surface area contributed by atoms with Crippen LogP contribution in [0.1, 0.15) is 32.1 Å². The van der Waals surface area contributed by atoms with Crippen molar-refractivity contribution in [1.29, 1.82) is 0 Å². The van der Waals surface area contributed by atoms with Gasteiger partial charge in [0.25, 0.3) is 11.8 Å². The van der Waals surface area contributed by atoms with Gasteiger partial charge in [0.1, 0.15) is 0 Å². The highest BCUT2D eigenvalue weighted by Crippen LogP contribution is 2.14. The second-order valence-corrected chi connectivity index (χ2v) is 4.17. The standard InChI is InChI=1S/C11H13NO8/c13-7-4-5-8(14)12(7)20-9(15)3-1-2-6(10(16)17)11(18)19/h6H,1-5H2,(H,16,17)(H,18,19). The van der Waals surface area contributed by atoms with Crippen LogP contribution in [0, 0.1) is 5.92 Å². The summed E-state index contributed by atoms with van der Waals surface area (Å²) >= 11 is 0. The van der Waals surface area contributed by atoms with Crippen LogP contribution in [0.15, 0.2) is 0 Å². The van der Waals surface area contributed by atoms with E-state index in [2.05, 4.69) is 4.84 Å². The Balaban J connectivity index is 2.37. The molecule has 0 aromatic rings. The van der Waals surface area contributed by atoms with E-state index in [4.69, 9.17) is 10.2 Å². The molecule has 1 saturated heterocycles. The lowest BCUT2D eigenvalue weighted by Gasteiger charge is -2.12. The zero-order chi connectivity index (χ0) is 15.3. The lowest BCUT2D eigenvalue weighted by Crippen LogP contribution is -2.32. The Morgan fingerprint density at radius 2 is 1.60 bits per heavy atom. The Morgan fingerprint density at radius 3 is 2.05 bits per heavy atom. The summed E-state index contributed by atoms with van der Waals surface area (Å²) in [5.74, 6) is -6.69. The van der Waals surface area contributed by atoms with Gasteiger partial charge in [-0.1, -0.05) is 0 Å². The zero-order valence-corrected chi connectivity index (χ0v) is 10.4. The molecule has 1 rings (SSSR count). The summed E-state index contributed by atoms with van der Waals surface area (Å²) in [6, 6.07) is 0. The van der Waals surface area contributed by atoms with Crippen molar-refractivity contribution >= 4 is 29.7 Å². The summed E-state index contributed by atoms with van der Waals surface area (Å²) < 4.78 is 0. The molecule has 110 valence electrons. The Kier molecular flexibility index (Phi) is 5.18. The molecule has 0 aliphatic carbocycles. The molecule has 9 heteroatoms. The molecular formula is C11H13NO8. The van der Waals surface area contributed by atoms with E-state index in [-0.39, 0.29) is 32.1 Å². The molecule has 0 bridgehead atoms. The molecule has 0 aromatic carbocycles. The third-order valence-electron chi connectivity index (χ3n) is 2.67. The van der Waals surface area contributed by atoms with Crippen LogP contribution in [0.5, 0.6) is 0 Å². The molecule has 20 heavy (non-hydrogen) atoms. The number of hydroxylamine groups is 2. The molecule has 1 aliphatic rings. The maximum atomic E-state index is 11.3. The van der Waals surface area contributed by atoms with Crippen LogP contribution in [0.4, 0.5) is 0 Å². The topological polar surface area (TPSA) is 138 Å². The second-order valence-electron chi connectivity index (χ2n) is 4.17. The van der Waals surface area contributed by atoms with Crippen molar-refractivity contribution in [1.82, 2.24) is 5.06 Å². The molecule has 1 fully saturated rings. The molecule has 0 unspecified atom stereocenters. The highest BCUT2D eigenvalue weighted by atomic mass is 16.7. The van der Waals surface area contributed by atoms with Crippen molar-refractivity contribution < 1.29 is 39.0 Å². The average Bonchev–Trinajstić information content (AvgIpc) is 2.65. The number of hydrogen-bond acceptors (Lipinski definition) is 6. The summed E-state index contributed by atoms with van der Waals surface area (Å²) in [6.07, 6.45) is -0.619. The van der Waals surface area contributed by atoms with Crippen LogP contribution in [0.2, 0.25) is 0 Å². The first-order valence-electron chi connectivity index (χ1n) is 5.85. The van der Waals surface area contributed by atoms with Gasteiger partial charge in [0.05, 0.1) is 0 Å². The fourth-order valence-corrected chi connectivity index (χ4v) is 1.61. The van der Waals surface area contributed by atoms with Gasteiger partial charge in [-0.05, 0) is 12.8 Å². The van der Waals surface area contributed by atoms with E-state index in [1.807, 2.05) is 0 Å². The van der Waals surface area contributed by atoms with Crippen molar-refractivity contribution in [3.05, 3.63) is 0 Å². The van der Waals surface area contributed by atoms with E-state index in [1.54, 1.807) is 0 Å². The fraction of sp³-hybridized carbons (Fsp3) is 0.545. The minimum Gasteiger partial charge on any atom is -0.481 e. The Bertz CT molecular complexity index is 427. The van der Waals surface area contributed by atoms with Gasteiger partial charge in [-0.25, -0.2) is 4.79 Å². The number of amides is 2. The van der Waals surface area contributed by atoms with E-state index in [0.29, 0.717) is 5.06 Å². The van der Waals surface area contributed by atoms with Crippen LogP contribution < -0.4 is 0 Å². The molecule has 2 N–H and O–H groups in total. The lowest BCUT2D eigenvalue weighted by atomic mass is 10.0. The predicted octanol–water partition coefficient (Wildman–Crippen LogP) is -0.451. The fourth-order valence-electron chi connectivity index (χ4n) is 1.61. The minimum atomic E-state index is -1.60. The van der Waals surface area contributed by atoms with Crippen molar-refractivity contribution in [2.75, 3.05) is 0 Å². The third kappa shape index (κ3) is 4.04. The molecule has 2 amide bonds. The molecule has 9 nitrogen and oxygen atoms in total. The van der Waals surface area contributed by atoms with Gasteiger partial charge in [-0.15, -0.1) is 5.06 Å². The number of carboxylic acids is 2. The van der Waals surface area contributed by atoms with Gasteiger partial charge in [-0.2, -0.15) is 0 Å². The van der Waals surface area contributed by atoms with Gasteiger partial charge < -0.3 is 15.1 Å². The van der Waals surface area contributed by atoms with E-state index >= 15 is 0 Å². The van der Waals surface area contributed by atoms with Gasteiger partial charge in [0.2, 0.25) is 0 Å². The van der Waals surface area contributed by atoms with Crippen molar-refractivity contribution in [2.24, 2.45) is 5.92 Å². The molecule has 1 heterocycles. The van der Waals surface area contributed by atoms with Crippen molar-refractivity contribution in [2.45, 2.75) is 32.1 Å². The first-order chi connectivity index (χ1) is 9.32. The summed E-state index contributed by atoms with van der Waals surface area (Å²) in [5, 5.41) is 17.6. The van der Waals surface area contributed by atoms with E-state index < -0.39 is 35.6 Å². The zero-order valence-electron chi connectivity index (χ0n) is 10.4. The van der Waals surface area contributed by atoms with Gasteiger partial charge in [0, 0.05) is 19.3 Å². The number of aliphatic carboxylic acids is 2. The highest BCUT2D eigenvalue weighted by Gasteiger charge is 2.33. The van der Waals surface area contributed by atoms with Crippen LogP contribution in [-0.2, 0) is 28.8 Å². The number of carbonyl (C=O) groups is 5. The molecule has 0 aromatic heterocycles. The third-order valence-corrected chi connectivity index (χ3v) is 2.67. The first-order valence-corrected chi connectivity index (χ1v) is 5.85.